The minimum absolute atomic E-state index is 0.0834. The zero-order valence-corrected chi connectivity index (χ0v) is 14.5. The van der Waals surface area contributed by atoms with Crippen molar-refractivity contribution in [1.82, 2.24) is 4.90 Å². The smallest absolute Gasteiger partial charge is 0.255 e. The Labute approximate surface area is 139 Å². The van der Waals surface area contributed by atoms with Crippen LogP contribution in [0.15, 0.2) is 46.9 Å². The van der Waals surface area contributed by atoms with Gasteiger partial charge in [-0.15, -0.1) is 0 Å². The summed E-state index contributed by atoms with van der Waals surface area (Å²) in [5.74, 6) is -0.375. The van der Waals surface area contributed by atoms with E-state index < -0.39 is 0 Å². The van der Waals surface area contributed by atoms with E-state index in [-0.39, 0.29) is 11.7 Å². The van der Waals surface area contributed by atoms with E-state index in [0.29, 0.717) is 12.1 Å². The van der Waals surface area contributed by atoms with Crippen molar-refractivity contribution < 1.29 is 9.18 Å². The van der Waals surface area contributed by atoms with Crippen LogP contribution >= 0.6 is 38.5 Å². The molecule has 20 heavy (non-hydrogen) atoms. The number of nitrogens with zero attached hydrogens (tertiary/aromatic N) is 1. The summed E-state index contributed by atoms with van der Waals surface area (Å²) >= 11 is 5.50. The number of carbonyl (C=O) groups is 1. The Balaban J connectivity index is 2.18. The third kappa shape index (κ3) is 3.79. The second-order valence-corrected chi connectivity index (χ2v) is 6.49. The lowest BCUT2D eigenvalue weighted by molar-refractivity contribution is 0.0784. The normalized spacial score (nSPS) is 10.4. The highest BCUT2D eigenvalue weighted by Crippen LogP contribution is 2.20. The molecule has 5 heteroatoms. The molecule has 2 aromatic carbocycles. The average Bonchev–Trinajstić information content (AvgIpc) is 2.40. The lowest BCUT2D eigenvalue weighted by Crippen LogP contribution is -2.27. The van der Waals surface area contributed by atoms with Gasteiger partial charge in [-0.05, 0) is 58.5 Å². The van der Waals surface area contributed by atoms with Gasteiger partial charge >= 0.3 is 0 Å². The molecule has 2 rings (SSSR count). The van der Waals surface area contributed by atoms with Crippen LogP contribution in [0.5, 0.6) is 0 Å². The molecule has 0 N–H and O–H groups in total. The molecule has 2 aromatic rings. The first kappa shape index (κ1) is 15.4. The fourth-order valence-corrected chi connectivity index (χ4v) is 2.78. The maximum Gasteiger partial charge on any atom is 0.255 e. The lowest BCUT2D eigenvalue weighted by atomic mass is 10.1. The van der Waals surface area contributed by atoms with E-state index in [1.807, 2.05) is 12.1 Å². The summed E-state index contributed by atoms with van der Waals surface area (Å²) in [7, 11) is 1.71. The molecule has 0 atom stereocenters. The Morgan fingerprint density at radius 1 is 1.30 bits per heavy atom. The van der Waals surface area contributed by atoms with Gasteiger partial charge in [0.25, 0.3) is 5.91 Å². The van der Waals surface area contributed by atoms with E-state index >= 15 is 0 Å². The highest BCUT2D eigenvalue weighted by Gasteiger charge is 2.15. The second kappa shape index (κ2) is 6.67. The van der Waals surface area contributed by atoms with Crippen molar-refractivity contribution in [3.63, 3.8) is 0 Å². The first-order valence-electron chi connectivity index (χ1n) is 5.92. The van der Waals surface area contributed by atoms with E-state index in [9.17, 15) is 9.18 Å². The Morgan fingerprint density at radius 2 is 2.05 bits per heavy atom. The van der Waals surface area contributed by atoms with Crippen LogP contribution in [0.1, 0.15) is 15.9 Å². The highest BCUT2D eigenvalue weighted by atomic mass is 127. The summed E-state index contributed by atoms with van der Waals surface area (Å²) in [5, 5.41) is 0. The number of hydrogen-bond acceptors (Lipinski definition) is 1. The van der Waals surface area contributed by atoms with Gasteiger partial charge in [0.2, 0.25) is 0 Å². The van der Waals surface area contributed by atoms with Crippen LogP contribution in [-0.4, -0.2) is 17.9 Å². The Kier molecular flexibility index (Phi) is 5.15. The molecule has 0 saturated carbocycles. The minimum atomic E-state index is -0.291. The van der Waals surface area contributed by atoms with Gasteiger partial charge in [-0.25, -0.2) is 4.39 Å². The summed E-state index contributed by atoms with van der Waals surface area (Å²) in [6.45, 7) is 0.374. The minimum Gasteiger partial charge on any atom is -0.337 e. The van der Waals surface area contributed by atoms with Crippen LogP contribution in [0.2, 0.25) is 0 Å². The highest BCUT2D eigenvalue weighted by molar-refractivity contribution is 14.1. The van der Waals surface area contributed by atoms with Crippen LogP contribution in [0.3, 0.4) is 0 Å². The molecule has 0 spiro atoms. The maximum absolute atomic E-state index is 13.1. The zero-order chi connectivity index (χ0) is 14.7. The monoisotopic (exact) mass is 447 g/mol. The Hall–Kier alpha value is -0.950. The van der Waals surface area contributed by atoms with Gasteiger partial charge < -0.3 is 4.90 Å². The van der Waals surface area contributed by atoms with Gasteiger partial charge in [0.1, 0.15) is 5.82 Å². The molecule has 0 radical (unpaired) electrons. The molecule has 0 aliphatic rings. The number of halogens is 3. The fourth-order valence-electron chi connectivity index (χ4n) is 1.85. The predicted molar refractivity (Wildman–Crippen MR) is 89.1 cm³/mol. The molecule has 0 fully saturated rings. The van der Waals surface area contributed by atoms with E-state index in [0.717, 1.165) is 13.6 Å². The maximum atomic E-state index is 13.1. The van der Waals surface area contributed by atoms with E-state index in [2.05, 4.69) is 38.5 Å². The third-order valence-corrected chi connectivity index (χ3v) is 4.25. The third-order valence-electron chi connectivity index (χ3n) is 2.81. The molecule has 0 unspecified atom stereocenters. The van der Waals surface area contributed by atoms with Crippen LogP contribution in [-0.2, 0) is 6.54 Å². The van der Waals surface area contributed by atoms with Gasteiger partial charge in [0.05, 0.1) is 5.56 Å². The standard InChI is InChI=1S/C15H12BrFINO/c1-19(9-10-3-2-4-12(17)7-10)15(20)13-8-11(16)5-6-14(13)18/h2-8H,9H2,1H3. The fraction of sp³-hybridized carbons (Fsp3) is 0.133. The van der Waals surface area contributed by atoms with Gasteiger partial charge in [-0.2, -0.15) is 0 Å². The van der Waals surface area contributed by atoms with Crippen LogP contribution in [0.4, 0.5) is 4.39 Å². The van der Waals surface area contributed by atoms with Gasteiger partial charge in [-0.3, -0.25) is 4.79 Å². The number of benzene rings is 2. The molecule has 0 heterocycles. The molecule has 1 amide bonds. The number of amides is 1. The van der Waals surface area contributed by atoms with E-state index in [4.69, 9.17) is 0 Å². The summed E-state index contributed by atoms with van der Waals surface area (Å²) in [4.78, 5) is 14.0. The molecule has 0 saturated heterocycles. The molecule has 0 bridgehead atoms. The van der Waals surface area contributed by atoms with Crippen molar-refractivity contribution in [3.8, 4) is 0 Å². The summed E-state index contributed by atoms with van der Waals surface area (Å²) in [5.41, 5.74) is 1.41. The molecule has 0 aliphatic carbocycles. The van der Waals surface area contributed by atoms with Gasteiger partial charge in [-0.1, -0.05) is 28.1 Å². The molecule has 0 aromatic heterocycles. The summed E-state index contributed by atoms with van der Waals surface area (Å²) in [6, 6.07) is 11.9. The lowest BCUT2D eigenvalue weighted by Gasteiger charge is -2.18. The largest absolute Gasteiger partial charge is 0.337 e. The summed E-state index contributed by atoms with van der Waals surface area (Å²) in [6.07, 6.45) is 0. The van der Waals surface area contributed by atoms with Crippen molar-refractivity contribution in [3.05, 3.63) is 67.5 Å². The van der Waals surface area contributed by atoms with Crippen molar-refractivity contribution in [1.29, 1.82) is 0 Å². The van der Waals surface area contributed by atoms with E-state index in [1.165, 1.54) is 12.1 Å². The number of rotatable bonds is 3. The molecular formula is C15H12BrFINO. The molecule has 0 aliphatic heterocycles. The molecule has 104 valence electrons. The quantitative estimate of drug-likeness (QED) is 0.636. The molecule has 2 nitrogen and oxygen atoms in total. The average molecular weight is 448 g/mol. The van der Waals surface area contributed by atoms with Crippen molar-refractivity contribution in [2.24, 2.45) is 0 Å². The number of carbonyl (C=O) groups excluding carboxylic acids is 1. The topological polar surface area (TPSA) is 20.3 Å². The predicted octanol–water partition coefficient (Wildman–Crippen LogP) is 4.47. The Morgan fingerprint density at radius 3 is 2.75 bits per heavy atom. The van der Waals surface area contributed by atoms with E-state index in [1.54, 1.807) is 30.1 Å². The zero-order valence-electron chi connectivity index (χ0n) is 10.7. The van der Waals surface area contributed by atoms with Crippen LogP contribution in [0.25, 0.3) is 0 Å². The van der Waals surface area contributed by atoms with Gasteiger partial charge in [0.15, 0.2) is 0 Å². The molecular weight excluding hydrogens is 436 g/mol. The Bertz CT molecular complexity index is 648. The SMILES string of the molecule is CN(Cc1cccc(F)c1)C(=O)c1cc(Br)ccc1I. The summed E-state index contributed by atoms with van der Waals surface area (Å²) < 4.78 is 14.9. The first-order chi connectivity index (χ1) is 9.47. The van der Waals surface area contributed by atoms with Crippen molar-refractivity contribution >= 4 is 44.4 Å². The first-order valence-corrected chi connectivity index (χ1v) is 7.79. The number of hydrogen-bond donors (Lipinski definition) is 0. The van der Waals surface area contributed by atoms with Crippen molar-refractivity contribution in [2.45, 2.75) is 6.54 Å². The van der Waals surface area contributed by atoms with Crippen LogP contribution in [0, 0.1) is 9.39 Å². The van der Waals surface area contributed by atoms with Gasteiger partial charge in [0, 0.05) is 21.6 Å². The van der Waals surface area contributed by atoms with Crippen molar-refractivity contribution in [2.75, 3.05) is 7.05 Å². The van der Waals surface area contributed by atoms with Crippen LogP contribution < -0.4 is 0 Å². The second-order valence-electron chi connectivity index (χ2n) is 4.42.